The summed E-state index contributed by atoms with van der Waals surface area (Å²) in [6, 6.07) is 6.04. The van der Waals surface area contributed by atoms with Gasteiger partial charge in [0.25, 0.3) is 11.5 Å². The van der Waals surface area contributed by atoms with Gasteiger partial charge < -0.3 is 10.2 Å². The lowest BCUT2D eigenvalue weighted by molar-refractivity contribution is -0.135. The van der Waals surface area contributed by atoms with Crippen LogP contribution in [0.1, 0.15) is 41.4 Å². The van der Waals surface area contributed by atoms with Crippen molar-refractivity contribution in [3.05, 3.63) is 57.2 Å². The molecule has 1 fully saturated rings. The summed E-state index contributed by atoms with van der Waals surface area (Å²) in [5.41, 5.74) is 0.178. The highest BCUT2D eigenvalue weighted by Crippen LogP contribution is 2.28. The van der Waals surface area contributed by atoms with Crippen LogP contribution in [0.3, 0.4) is 0 Å². The molecule has 0 saturated carbocycles. The maximum absolute atomic E-state index is 13.9. The van der Waals surface area contributed by atoms with E-state index in [1.807, 2.05) is 11.8 Å². The molecule has 1 aliphatic heterocycles. The van der Waals surface area contributed by atoms with Gasteiger partial charge in [-0.2, -0.15) is 0 Å². The molecule has 1 aliphatic rings. The number of anilines is 1. The molecule has 0 spiro atoms. The Kier molecular flexibility index (Phi) is 5.86. The largest absolute Gasteiger partial charge is 0.338 e. The predicted octanol–water partition coefficient (Wildman–Crippen LogP) is 3.56. The molecule has 9 heteroatoms. The number of halogens is 1. The lowest BCUT2D eigenvalue weighted by Gasteiger charge is -2.33. The van der Waals surface area contributed by atoms with Crippen LogP contribution in [0.2, 0.25) is 0 Å². The van der Waals surface area contributed by atoms with Crippen molar-refractivity contribution < 1.29 is 14.0 Å². The molecule has 31 heavy (non-hydrogen) atoms. The number of fused-ring (bicyclic) bond motifs is 1. The molecule has 2 aromatic heterocycles. The van der Waals surface area contributed by atoms with Crippen LogP contribution in [-0.4, -0.2) is 38.9 Å². The number of nitrogens with one attached hydrogen (secondary N) is 1. The van der Waals surface area contributed by atoms with E-state index in [-0.39, 0.29) is 34.6 Å². The third-order valence-corrected chi connectivity index (χ3v) is 6.87. The number of likely N-dealkylation sites (tertiary alicyclic amines) is 1. The number of carbonyl (C=O) groups is 2. The van der Waals surface area contributed by atoms with Gasteiger partial charge in [0.15, 0.2) is 0 Å². The average molecular weight is 443 g/mol. The second-order valence-corrected chi connectivity index (χ2v) is 8.78. The number of hydrogen-bond donors (Lipinski definition) is 1. The van der Waals surface area contributed by atoms with Gasteiger partial charge in [0.05, 0.1) is 22.3 Å². The van der Waals surface area contributed by atoms with Crippen LogP contribution in [0.4, 0.5) is 10.1 Å². The fraction of sp³-hybridized carbons (Fsp3) is 0.364. The third-order valence-electron chi connectivity index (χ3n) is 5.67. The minimum Gasteiger partial charge on any atom is -0.338 e. The number of para-hydroxylation sites is 1. The molecule has 0 bridgehead atoms. The molecule has 1 N–H and O–H groups in total. The standard InChI is InChI=1S/C22H23FN4O3S/c1-13-7-5-6-10-27(13)17(28)11-26-12-24-21-18(22(26)30)14(2)19(31-21)20(29)25-16-9-4-3-8-15(16)23/h3-4,8-9,12-13H,5-7,10-11H2,1-2H3,(H,25,29). The van der Waals surface area contributed by atoms with Gasteiger partial charge >= 0.3 is 0 Å². The van der Waals surface area contributed by atoms with Crippen molar-refractivity contribution in [2.24, 2.45) is 0 Å². The van der Waals surface area contributed by atoms with E-state index in [0.29, 0.717) is 22.3 Å². The molecule has 4 rings (SSSR count). The number of nitrogens with zero attached hydrogens (tertiary/aromatic N) is 3. The Morgan fingerprint density at radius 1 is 1.29 bits per heavy atom. The molecule has 2 amide bonds. The summed E-state index contributed by atoms with van der Waals surface area (Å²) in [5.74, 6) is -1.16. The van der Waals surface area contributed by atoms with Gasteiger partial charge in [0.1, 0.15) is 17.2 Å². The van der Waals surface area contributed by atoms with Crippen LogP contribution >= 0.6 is 11.3 Å². The molecule has 1 saturated heterocycles. The van der Waals surface area contributed by atoms with Gasteiger partial charge in [-0.25, -0.2) is 9.37 Å². The number of amides is 2. The summed E-state index contributed by atoms with van der Waals surface area (Å²) < 4.78 is 15.2. The first-order valence-corrected chi connectivity index (χ1v) is 11.0. The van der Waals surface area contributed by atoms with Crippen molar-refractivity contribution in [2.75, 3.05) is 11.9 Å². The monoisotopic (exact) mass is 442 g/mol. The number of piperidine rings is 1. The minimum atomic E-state index is -0.541. The molecular formula is C22H23FN4O3S. The molecule has 162 valence electrons. The highest BCUT2D eigenvalue weighted by atomic mass is 32.1. The normalized spacial score (nSPS) is 16.5. The van der Waals surface area contributed by atoms with E-state index >= 15 is 0 Å². The van der Waals surface area contributed by atoms with Crippen molar-refractivity contribution in [1.82, 2.24) is 14.5 Å². The van der Waals surface area contributed by atoms with Crippen LogP contribution in [0.5, 0.6) is 0 Å². The van der Waals surface area contributed by atoms with E-state index in [0.717, 1.165) is 30.6 Å². The molecule has 0 aliphatic carbocycles. The van der Waals surface area contributed by atoms with Crippen LogP contribution in [0.15, 0.2) is 35.4 Å². The maximum Gasteiger partial charge on any atom is 0.266 e. The predicted molar refractivity (Wildman–Crippen MR) is 118 cm³/mol. The Morgan fingerprint density at radius 3 is 2.81 bits per heavy atom. The van der Waals surface area contributed by atoms with Crippen molar-refractivity contribution >= 4 is 39.1 Å². The van der Waals surface area contributed by atoms with E-state index in [1.54, 1.807) is 13.0 Å². The van der Waals surface area contributed by atoms with E-state index in [1.165, 1.54) is 29.1 Å². The summed E-state index contributed by atoms with van der Waals surface area (Å²) in [7, 11) is 0. The SMILES string of the molecule is Cc1c(C(=O)Nc2ccccc2F)sc2ncn(CC(=O)N3CCCCC3C)c(=O)c12. The first-order chi connectivity index (χ1) is 14.9. The smallest absolute Gasteiger partial charge is 0.266 e. The van der Waals surface area contributed by atoms with E-state index < -0.39 is 11.7 Å². The van der Waals surface area contributed by atoms with Crippen LogP contribution < -0.4 is 10.9 Å². The average Bonchev–Trinajstić information content (AvgIpc) is 3.09. The van der Waals surface area contributed by atoms with E-state index in [9.17, 15) is 18.8 Å². The molecule has 7 nitrogen and oxygen atoms in total. The van der Waals surface area contributed by atoms with Crippen LogP contribution in [-0.2, 0) is 11.3 Å². The van der Waals surface area contributed by atoms with Gasteiger partial charge in [-0.1, -0.05) is 12.1 Å². The summed E-state index contributed by atoms with van der Waals surface area (Å²) in [5, 5.41) is 2.85. The minimum absolute atomic E-state index is 0.0657. The topological polar surface area (TPSA) is 84.3 Å². The van der Waals surface area contributed by atoms with E-state index in [4.69, 9.17) is 0 Å². The summed E-state index contributed by atoms with van der Waals surface area (Å²) in [6.45, 7) is 4.29. The molecule has 1 aromatic carbocycles. The highest BCUT2D eigenvalue weighted by molar-refractivity contribution is 7.20. The number of aromatic nitrogens is 2. The number of aryl methyl sites for hydroxylation is 1. The Hall–Kier alpha value is -3.07. The zero-order valence-electron chi connectivity index (χ0n) is 17.4. The quantitative estimate of drug-likeness (QED) is 0.670. The number of hydrogen-bond acceptors (Lipinski definition) is 5. The number of thiophene rings is 1. The maximum atomic E-state index is 13.9. The lowest BCUT2D eigenvalue weighted by atomic mass is 10.0. The van der Waals surface area contributed by atoms with Crippen molar-refractivity contribution in [3.8, 4) is 0 Å². The summed E-state index contributed by atoms with van der Waals surface area (Å²) in [6.07, 6.45) is 4.38. The number of carbonyl (C=O) groups excluding carboxylic acids is 2. The lowest BCUT2D eigenvalue weighted by Crippen LogP contribution is -2.44. The third kappa shape index (κ3) is 4.10. The molecule has 1 unspecified atom stereocenters. The first-order valence-electron chi connectivity index (χ1n) is 10.2. The zero-order valence-corrected chi connectivity index (χ0v) is 18.2. The van der Waals surface area contributed by atoms with Gasteiger partial charge in [0, 0.05) is 12.6 Å². The molecule has 3 heterocycles. The van der Waals surface area contributed by atoms with Gasteiger partial charge in [-0.3, -0.25) is 19.0 Å². The van der Waals surface area contributed by atoms with Crippen molar-refractivity contribution in [3.63, 3.8) is 0 Å². The molecule has 1 atom stereocenters. The second kappa shape index (κ2) is 8.58. The number of rotatable bonds is 4. The fourth-order valence-corrected chi connectivity index (χ4v) is 4.97. The van der Waals surface area contributed by atoms with Crippen molar-refractivity contribution in [2.45, 2.75) is 45.7 Å². The summed E-state index contributed by atoms with van der Waals surface area (Å²) in [4.78, 5) is 45.3. The summed E-state index contributed by atoms with van der Waals surface area (Å²) >= 11 is 1.07. The molecule has 0 radical (unpaired) electrons. The highest BCUT2D eigenvalue weighted by Gasteiger charge is 2.25. The van der Waals surface area contributed by atoms with Gasteiger partial charge in [0.2, 0.25) is 5.91 Å². The first kappa shape index (κ1) is 21.2. The Bertz CT molecular complexity index is 1220. The second-order valence-electron chi connectivity index (χ2n) is 7.78. The number of benzene rings is 1. The zero-order chi connectivity index (χ0) is 22.1. The van der Waals surface area contributed by atoms with E-state index in [2.05, 4.69) is 10.3 Å². The van der Waals surface area contributed by atoms with Gasteiger partial charge in [-0.15, -0.1) is 11.3 Å². The molecular weight excluding hydrogens is 419 g/mol. The fourth-order valence-electron chi connectivity index (χ4n) is 3.94. The van der Waals surface area contributed by atoms with Crippen molar-refractivity contribution in [1.29, 1.82) is 0 Å². The Balaban J connectivity index is 1.62. The van der Waals surface area contributed by atoms with Crippen LogP contribution in [0.25, 0.3) is 10.2 Å². The Labute approximate surface area is 182 Å². The van der Waals surface area contributed by atoms with Crippen LogP contribution in [0, 0.1) is 12.7 Å². The molecule has 3 aromatic rings. The van der Waals surface area contributed by atoms with Gasteiger partial charge in [-0.05, 0) is 50.8 Å². The Morgan fingerprint density at radius 2 is 2.06 bits per heavy atom.